The molecule has 3 aromatic rings. The smallest absolute Gasteiger partial charge is 0.243 e. The average Bonchev–Trinajstić information content (AvgIpc) is 2.78. The quantitative estimate of drug-likeness (QED) is 0.537. The van der Waals surface area contributed by atoms with Crippen molar-refractivity contribution < 1.29 is 9.59 Å². The summed E-state index contributed by atoms with van der Waals surface area (Å²) in [6.45, 7) is 6.29. The molecule has 0 heterocycles. The van der Waals surface area contributed by atoms with Gasteiger partial charge in [-0.3, -0.25) is 9.59 Å². The van der Waals surface area contributed by atoms with Crippen molar-refractivity contribution >= 4 is 11.8 Å². The van der Waals surface area contributed by atoms with Crippen molar-refractivity contribution in [1.29, 1.82) is 0 Å². The summed E-state index contributed by atoms with van der Waals surface area (Å²) in [5.41, 5.74) is 4.12. The molecule has 0 saturated heterocycles. The van der Waals surface area contributed by atoms with E-state index in [1.54, 1.807) is 4.90 Å². The molecule has 0 radical (unpaired) electrons. The lowest BCUT2D eigenvalue weighted by atomic mass is 10.0. The minimum absolute atomic E-state index is 0.00782. The average molecular weight is 429 g/mol. The van der Waals surface area contributed by atoms with Crippen molar-refractivity contribution in [2.75, 3.05) is 0 Å². The van der Waals surface area contributed by atoms with Crippen LogP contribution in [0.4, 0.5) is 0 Å². The topological polar surface area (TPSA) is 49.4 Å². The van der Waals surface area contributed by atoms with Gasteiger partial charge in [0, 0.05) is 19.0 Å². The first-order chi connectivity index (χ1) is 15.4. The van der Waals surface area contributed by atoms with E-state index in [1.807, 2.05) is 106 Å². The molecule has 3 rings (SSSR count). The number of rotatable bonds is 9. The molecule has 1 N–H and O–H groups in total. The van der Waals surface area contributed by atoms with E-state index in [0.29, 0.717) is 13.0 Å². The van der Waals surface area contributed by atoms with E-state index in [1.165, 1.54) is 0 Å². The molecule has 0 aliphatic heterocycles. The predicted molar refractivity (Wildman–Crippen MR) is 129 cm³/mol. The van der Waals surface area contributed by atoms with Gasteiger partial charge in [0.15, 0.2) is 0 Å². The van der Waals surface area contributed by atoms with Crippen LogP contribution in [0.2, 0.25) is 0 Å². The molecule has 166 valence electrons. The molecule has 0 aliphatic carbocycles. The van der Waals surface area contributed by atoms with Crippen molar-refractivity contribution in [2.45, 2.75) is 52.2 Å². The molecule has 0 unspecified atom stereocenters. The van der Waals surface area contributed by atoms with Crippen LogP contribution < -0.4 is 5.32 Å². The number of nitrogens with one attached hydrogen (secondary N) is 1. The van der Waals surface area contributed by atoms with Gasteiger partial charge in [0.2, 0.25) is 11.8 Å². The van der Waals surface area contributed by atoms with Crippen LogP contribution in [0.5, 0.6) is 0 Å². The first-order valence-electron chi connectivity index (χ1n) is 11.2. The molecule has 4 nitrogen and oxygen atoms in total. The number of carbonyl (C=O) groups is 2. The highest BCUT2D eigenvalue weighted by atomic mass is 16.2. The molecule has 0 fully saturated rings. The lowest BCUT2D eigenvalue weighted by Crippen LogP contribution is -2.52. The third-order valence-corrected chi connectivity index (χ3v) is 5.37. The first kappa shape index (κ1) is 23.3. The third-order valence-electron chi connectivity index (χ3n) is 5.37. The Morgan fingerprint density at radius 1 is 0.781 bits per heavy atom. The van der Waals surface area contributed by atoms with Gasteiger partial charge in [-0.15, -0.1) is 0 Å². The molecule has 32 heavy (non-hydrogen) atoms. The molecule has 0 bridgehead atoms. The van der Waals surface area contributed by atoms with Gasteiger partial charge >= 0.3 is 0 Å². The van der Waals surface area contributed by atoms with Crippen LogP contribution in [0.3, 0.4) is 0 Å². The van der Waals surface area contributed by atoms with Gasteiger partial charge in [-0.05, 0) is 37.5 Å². The fourth-order valence-electron chi connectivity index (χ4n) is 3.70. The number of aryl methyl sites for hydroxylation is 1. The highest BCUT2D eigenvalue weighted by Crippen LogP contribution is 2.17. The number of amides is 2. The summed E-state index contributed by atoms with van der Waals surface area (Å²) >= 11 is 0. The van der Waals surface area contributed by atoms with Crippen molar-refractivity contribution in [3.63, 3.8) is 0 Å². The largest absolute Gasteiger partial charge is 0.352 e. The van der Waals surface area contributed by atoms with E-state index >= 15 is 0 Å². The van der Waals surface area contributed by atoms with Crippen LogP contribution in [0, 0.1) is 6.92 Å². The molecule has 4 heteroatoms. The Kier molecular flexibility index (Phi) is 8.20. The number of hydrogen-bond acceptors (Lipinski definition) is 2. The van der Waals surface area contributed by atoms with Crippen molar-refractivity contribution in [3.05, 3.63) is 107 Å². The summed E-state index contributed by atoms with van der Waals surface area (Å²) < 4.78 is 0. The van der Waals surface area contributed by atoms with E-state index in [2.05, 4.69) is 5.32 Å². The molecule has 1 atom stereocenters. The SMILES string of the molecule is Cc1ccc(CC(=O)N(Cc2ccccc2)[C@H](Cc2ccccc2)C(=O)NC(C)C)cc1. The van der Waals surface area contributed by atoms with Gasteiger partial charge in [0.25, 0.3) is 0 Å². The van der Waals surface area contributed by atoms with Crippen LogP contribution in [-0.2, 0) is 29.0 Å². The molecule has 0 saturated carbocycles. The predicted octanol–water partition coefficient (Wildman–Crippen LogP) is 4.70. The van der Waals surface area contributed by atoms with Gasteiger partial charge in [-0.25, -0.2) is 0 Å². The van der Waals surface area contributed by atoms with E-state index in [0.717, 1.165) is 22.3 Å². The Hall–Kier alpha value is -3.40. The Morgan fingerprint density at radius 3 is 1.91 bits per heavy atom. The van der Waals surface area contributed by atoms with Gasteiger partial charge in [0.05, 0.1) is 6.42 Å². The maximum absolute atomic E-state index is 13.6. The van der Waals surface area contributed by atoms with Crippen LogP contribution in [0.1, 0.15) is 36.1 Å². The zero-order valence-electron chi connectivity index (χ0n) is 19.1. The number of nitrogens with zero attached hydrogens (tertiary/aromatic N) is 1. The van der Waals surface area contributed by atoms with Crippen molar-refractivity contribution in [2.24, 2.45) is 0 Å². The minimum atomic E-state index is -0.599. The monoisotopic (exact) mass is 428 g/mol. The summed E-state index contributed by atoms with van der Waals surface area (Å²) in [4.78, 5) is 28.6. The summed E-state index contributed by atoms with van der Waals surface area (Å²) in [5.74, 6) is -0.186. The Balaban J connectivity index is 1.93. The Bertz CT molecular complexity index is 999. The second-order valence-corrected chi connectivity index (χ2v) is 8.54. The second-order valence-electron chi connectivity index (χ2n) is 8.54. The molecule has 2 amide bonds. The molecule has 0 aliphatic rings. The number of benzene rings is 3. The fraction of sp³-hybridized carbons (Fsp3) is 0.286. The number of carbonyl (C=O) groups excluding carboxylic acids is 2. The minimum Gasteiger partial charge on any atom is -0.352 e. The second kappa shape index (κ2) is 11.3. The Labute approximate surface area is 191 Å². The first-order valence-corrected chi connectivity index (χ1v) is 11.2. The lowest BCUT2D eigenvalue weighted by molar-refractivity contribution is -0.141. The Morgan fingerprint density at radius 2 is 1.34 bits per heavy atom. The number of hydrogen-bond donors (Lipinski definition) is 1. The van der Waals surface area contributed by atoms with Gasteiger partial charge < -0.3 is 10.2 Å². The molecule has 3 aromatic carbocycles. The summed E-state index contributed by atoms with van der Waals surface area (Å²) in [6.07, 6.45) is 0.721. The van der Waals surface area contributed by atoms with Crippen LogP contribution in [0.15, 0.2) is 84.9 Å². The van der Waals surface area contributed by atoms with Crippen LogP contribution in [-0.4, -0.2) is 28.8 Å². The van der Waals surface area contributed by atoms with Gasteiger partial charge in [-0.2, -0.15) is 0 Å². The lowest BCUT2D eigenvalue weighted by Gasteiger charge is -2.32. The van der Waals surface area contributed by atoms with Gasteiger partial charge in [-0.1, -0.05) is 90.5 Å². The molecule has 0 aromatic heterocycles. The molecule has 0 spiro atoms. The van der Waals surface area contributed by atoms with E-state index < -0.39 is 6.04 Å². The zero-order chi connectivity index (χ0) is 22.9. The van der Waals surface area contributed by atoms with Crippen molar-refractivity contribution in [3.8, 4) is 0 Å². The van der Waals surface area contributed by atoms with Crippen molar-refractivity contribution in [1.82, 2.24) is 10.2 Å². The van der Waals surface area contributed by atoms with Gasteiger partial charge in [0.1, 0.15) is 6.04 Å². The maximum Gasteiger partial charge on any atom is 0.243 e. The fourth-order valence-corrected chi connectivity index (χ4v) is 3.70. The maximum atomic E-state index is 13.6. The summed E-state index contributed by atoms with van der Waals surface area (Å²) in [6, 6.07) is 27.1. The standard InChI is InChI=1S/C28H32N2O2/c1-21(2)29-28(32)26(18-23-10-6-4-7-11-23)30(20-25-12-8-5-9-13-25)27(31)19-24-16-14-22(3)15-17-24/h4-17,21,26H,18-20H2,1-3H3,(H,29,32)/t26-/m1/s1. The van der Waals surface area contributed by atoms with E-state index in [4.69, 9.17) is 0 Å². The normalized spacial score (nSPS) is 11.8. The summed E-state index contributed by atoms with van der Waals surface area (Å²) in [5, 5.41) is 3.02. The van der Waals surface area contributed by atoms with Crippen LogP contribution in [0.25, 0.3) is 0 Å². The van der Waals surface area contributed by atoms with E-state index in [-0.39, 0.29) is 24.3 Å². The molecular weight excluding hydrogens is 396 g/mol. The highest BCUT2D eigenvalue weighted by molar-refractivity contribution is 5.89. The van der Waals surface area contributed by atoms with E-state index in [9.17, 15) is 9.59 Å². The summed E-state index contributed by atoms with van der Waals surface area (Å²) in [7, 11) is 0. The van der Waals surface area contributed by atoms with Crippen LogP contribution >= 0.6 is 0 Å². The zero-order valence-corrected chi connectivity index (χ0v) is 19.1. The third kappa shape index (κ3) is 6.81. The molecular formula is C28H32N2O2. The highest BCUT2D eigenvalue weighted by Gasteiger charge is 2.30.